The molecular weight excluding hydrogens is 374 g/mol. The van der Waals surface area contributed by atoms with Gasteiger partial charge in [-0.2, -0.15) is 0 Å². The first-order valence-electron chi connectivity index (χ1n) is 7.70. The summed E-state index contributed by atoms with van der Waals surface area (Å²) in [6, 6.07) is 5.80. The van der Waals surface area contributed by atoms with Gasteiger partial charge in [-0.3, -0.25) is 9.20 Å². The van der Waals surface area contributed by atoms with E-state index in [0.29, 0.717) is 5.75 Å². The Morgan fingerprint density at radius 3 is 3.08 bits per heavy atom. The first kappa shape index (κ1) is 16.5. The molecule has 0 N–H and O–H groups in total. The second kappa shape index (κ2) is 7.11. The second-order valence-electron chi connectivity index (χ2n) is 5.51. The minimum Gasteiger partial charge on any atom is -0.308 e. The fourth-order valence-electron chi connectivity index (χ4n) is 2.51. The number of rotatable bonds is 6. The van der Waals surface area contributed by atoms with Gasteiger partial charge >= 0.3 is 0 Å². The SMILES string of the molecule is Cc1csc2nc(CSc3nncn3CCc3cccs3)cc(=O)n12. The third-order valence-electron chi connectivity index (χ3n) is 3.74. The molecule has 4 aromatic rings. The standard InChI is InChI=1S/C16H15N5OS3/c1-11-8-24-15-18-12(7-14(22)21(11)15)9-25-16-19-17-10-20(16)5-4-13-3-2-6-23-13/h2-3,6-8,10H,4-5,9H2,1H3. The van der Waals surface area contributed by atoms with Crippen molar-refractivity contribution >= 4 is 39.4 Å². The Balaban J connectivity index is 1.47. The number of hydrogen-bond acceptors (Lipinski definition) is 7. The van der Waals surface area contributed by atoms with E-state index in [-0.39, 0.29) is 5.56 Å². The molecule has 0 aliphatic heterocycles. The number of thiazole rings is 1. The molecule has 0 saturated heterocycles. The van der Waals surface area contributed by atoms with Crippen LogP contribution >= 0.6 is 34.4 Å². The van der Waals surface area contributed by atoms with E-state index in [1.165, 1.54) is 16.2 Å². The fourth-order valence-corrected chi connectivity index (χ4v) is 4.93. The first-order valence-corrected chi connectivity index (χ1v) is 10.4. The summed E-state index contributed by atoms with van der Waals surface area (Å²) in [6.07, 6.45) is 2.72. The summed E-state index contributed by atoms with van der Waals surface area (Å²) >= 11 is 4.80. The molecule has 0 aliphatic rings. The van der Waals surface area contributed by atoms with E-state index >= 15 is 0 Å². The maximum atomic E-state index is 12.2. The Hall–Kier alpha value is -1.97. The quantitative estimate of drug-likeness (QED) is 0.474. The molecule has 6 nitrogen and oxygen atoms in total. The maximum absolute atomic E-state index is 12.2. The van der Waals surface area contributed by atoms with Crippen LogP contribution in [0.4, 0.5) is 0 Å². The molecule has 128 valence electrons. The third-order valence-corrected chi connectivity index (χ3v) is 6.63. The van der Waals surface area contributed by atoms with Gasteiger partial charge in [-0.05, 0) is 24.8 Å². The number of thiophene rings is 1. The summed E-state index contributed by atoms with van der Waals surface area (Å²) in [6.45, 7) is 2.76. The van der Waals surface area contributed by atoms with Crippen LogP contribution in [0.5, 0.6) is 0 Å². The Kier molecular flexibility index (Phi) is 4.69. The van der Waals surface area contributed by atoms with Crippen molar-refractivity contribution in [1.29, 1.82) is 0 Å². The molecule has 0 aromatic carbocycles. The zero-order valence-electron chi connectivity index (χ0n) is 13.5. The van der Waals surface area contributed by atoms with Crippen LogP contribution in [0.25, 0.3) is 4.96 Å². The molecule has 4 aromatic heterocycles. The van der Waals surface area contributed by atoms with E-state index in [9.17, 15) is 4.79 Å². The van der Waals surface area contributed by atoms with Crippen molar-refractivity contribution in [3.8, 4) is 0 Å². The maximum Gasteiger partial charge on any atom is 0.258 e. The molecule has 9 heteroatoms. The average Bonchev–Trinajstić information content (AvgIpc) is 3.32. The van der Waals surface area contributed by atoms with Crippen LogP contribution in [0.15, 0.2) is 45.2 Å². The monoisotopic (exact) mass is 389 g/mol. The van der Waals surface area contributed by atoms with Crippen molar-refractivity contribution in [2.75, 3.05) is 0 Å². The molecule has 0 amide bonds. The Bertz CT molecular complexity index is 1050. The van der Waals surface area contributed by atoms with Crippen LogP contribution < -0.4 is 5.56 Å². The molecule has 0 radical (unpaired) electrons. The highest BCUT2D eigenvalue weighted by Crippen LogP contribution is 2.21. The summed E-state index contributed by atoms with van der Waals surface area (Å²) in [4.78, 5) is 18.9. The fraction of sp³-hybridized carbons (Fsp3) is 0.250. The second-order valence-corrected chi connectivity index (χ2v) is 8.32. The van der Waals surface area contributed by atoms with Crippen molar-refractivity contribution in [2.24, 2.45) is 0 Å². The molecule has 0 unspecified atom stereocenters. The molecule has 0 fully saturated rings. The van der Waals surface area contributed by atoms with Crippen molar-refractivity contribution in [1.82, 2.24) is 24.1 Å². The number of thioether (sulfide) groups is 1. The lowest BCUT2D eigenvalue weighted by molar-refractivity contribution is 0.637. The van der Waals surface area contributed by atoms with E-state index in [0.717, 1.165) is 34.5 Å². The summed E-state index contributed by atoms with van der Waals surface area (Å²) in [5.74, 6) is 0.598. The lowest BCUT2D eigenvalue weighted by Gasteiger charge is -2.05. The largest absolute Gasteiger partial charge is 0.308 e. The van der Waals surface area contributed by atoms with Crippen LogP contribution in [0.1, 0.15) is 16.3 Å². The van der Waals surface area contributed by atoms with Crippen LogP contribution in [0.3, 0.4) is 0 Å². The number of nitrogens with zero attached hydrogens (tertiary/aromatic N) is 5. The molecule has 4 heterocycles. The van der Waals surface area contributed by atoms with E-state index in [1.807, 2.05) is 16.9 Å². The van der Waals surface area contributed by atoms with Crippen LogP contribution in [0.2, 0.25) is 0 Å². The summed E-state index contributed by atoms with van der Waals surface area (Å²) in [5, 5.41) is 13.1. The molecule has 0 spiro atoms. The third kappa shape index (κ3) is 3.53. The van der Waals surface area contributed by atoms with Crippen molar-refractivity contribution in [2.45, 2.75) is 30.8 Å². The van der Waals surface area contributed by atoms with Gasteiger partial charge in [0.2, 0.25) is 0 Å². The van der Waals surface area contributed by atoms with E-state index in [1.54, 1.807) is 39.9 Å². The van der Waals surface area contributed by atoms with Gasteiger partial charge in [0.15, 0.2) is 10.1 Å². The first-order chi connectivity index (χ1) is 12.2. The van der Waals surface area contributed by atoms with Gasteiger partial charge in [-0.15, -0.1) is 32.9 Å². The number of hydrogen-bond donors (Lipinski definition) is 0. The highest BCUT2D eigenvalue weighted by molar-refractivity contribution is 7.98. The minimum absolute atomic E-state index is 0.0292. The minimum atomic E-state index is -0.0292. The Labute approximate surface area is 156 Å². The smallest absolute Gasteiger partial charge is 0.258 e. The van der Waals surface area contributed by atoms with Crippen LogP contribution in [-0.2, 0) is 18.7 Å². The number of aromatic nitrogens is 5. The van der Waals surface area contributed by atoms with Gasteiger partial charge in [-0.1, -0.05) is 17.8 Å². The molecular formula is C16H15N5OS3. The van der Waals surface area contributed by atoms with Gasteiger partial charge < -0.3 is 4.57 Å². The lowest BCUT2D eigenvalue weighted by Crippen LogP contribution is -2.14. The van der Waals surface area contributed by atoms with Crippen molar-refractivity contribution in [3.05, 3.63) is 61.9 Å². The normalized spacial score (nSPS) is 11.4. The van der Waals surface area contributed by atoms with Crippen LogP contribution in [0, 0.1) is 6.92 Å². The van der Waals surface area contributed by atoms with Gasteiger partial charge in [0.1, 0.15) is 6.33 Å². The van der Waals surface area contributed by atoms with E-state index in [2.05, 4.69) is 32.7 Å². The van der Waals surface area contributed by atoms with Gasteiger partial charge in [0.25, 0.3) is 5.56 Å². The zero-order chi connectivity index (χ0) is 17.2. The Morgan fingerprint density at radius 2 is 2.24 bits per heavy atom. The van der Waals surface area contributed by atoms with Crippen molar-refractivity contribution < 1.29 is 0 Å². The number of fused-ring (bicyclic) bond motifs is 1. The van der Waals surface area contributed by atoms with E-state index < -0.39 is 0 Å². The highest BCUT2D eigenvalue weighted by Gasteiger charge is 2.10. The van der Waals surface area contributed by atoms with E-state index in [4.69, 9.17) is 0 Å². The lowest BCUT2D eigenvalue weighted by atomic mass is 10.3. The average molecular weight is 390 g/mol. The van der Waals surface area contributed by atoms with Gasteiger partial charge in [0.05, 0.1) is 5.69 Å². The van der Waals surface area contributed by atoms with Crippen molar-refractivity contribution in [3.63, 3.8) is 0 Å². The van der Waals surface area contributed by atoms with Gasteiger partial charge in [0, 0.05) is 34.3 Å². The predicted octanol–water partition coefficient (Wildman–Crippen LogP) is 3.25. The molecule has 25 heavy (non-hydrogen) atoms. The summed E-state index contributed by atoms with van der Waals surface area (Å²) in [7, 11) is 0. The summed E-state index contributed by atoms with van der Waals surface area (Å²) in [5.41, 5.74) is 1.66. The highest BCUT2D eigenvalue weighted by atomic mass is 32.2. The van der Waals surface area contributed by atoms with Gasteiger partial charge in [-0.25, -0.2) is 4.98 Å². The summed E-state index contributed by atoms with van der Waals surface area (Å²) < 4.78 is 3.69. The molecule has 0 aliphatic carbocycles. The molecule has 4 rings (SSSR count). The zero-order valence-corrected chi connectivity index (χ0v) is 15.9. The molecule has 0 bridgehead atoms. The molecule has 0 saturated carbocycles. The predicted molar refractivity (Wildman–Crippen MR) is 102 cm³/mol. The van der Waals surface area contributed by atoms with Crippen LogP contribution in [-0.4, -0.2) is 24.1 Å². The topological polar surface area (TPSA) is 65.1 Å². The Morgan fingerprint density at radius 1 is 1.32 bits per heavy atom. The number of aryl methyl sites for hydroxylation is 3. The molecule has 0 atom stereocenters.